The van der Waals surface area contributed by atoms with E-state index in [1.165, 1.54) is 22.3 Å². The summed E-state index contributed by atoms with van der Waals surface area (Å²) in [5, 5.41) is 3.49. The van der Waals surface area contributed by atoms with Gasteiger partial charge in [-0.3, -0.25) is 4.79 Å². The van der Waals surface area contributed by atoms with E-state index in [-0.39, 0.29) is 23.5 Å². The Labute approximate surface area is 212 Å². The lowest BCUT2D eigenvalue weighted by molar-refractivity contribution is -0.122. The van der Waals surface area contributed by atoms with Crippen LogP contribution < -0.4 is 5.32 Å². The average molecular weight is 474 g/mol. The lowest BCUT2D eigenvalue weighted by Crippen LogP contribution is -2.50. The number of ether oxygens (including phenoxy) is 1. The number of allylic oxidation sites excluding steroid dienone is 4. The van der Waals surface area contributed by atoms with Gasteiger partial charge in [-0.25, -0.2) is 0 Å². The summed E-state index contributed by atoms with van der Waals surface area (Å²) < 4.78 is 6.24. The third-order valence-corrected chi connectivity index (χ3v) is 6.97. The van der Waals surface area contributed by atoms with E-state index in [1.807, 2.05) is 26.0 Å². The molecule has 1 N–H and O–H groups in total. The van der Waals surface area contributed by atoms with Gasteiger partial charge in [-0.15, -0.1) is 0 Å². The van der Waals surface area contributed by atoms with Crippen molar-refractivity contribution in [3.05, 3.63) is 95.1 Å². The van der Waals surface area contributed by atoms with Gasteiger partial charge in [-0.05, 0) is 55.4 Å². The van der Waals surface area contributed by atoms with Crippen LogP contribution in [0, 0.1) is 5.92 Å². The minimum Gasteiger partial charge on any atom is -0.370 e. The van der Waals surface area contributed by atoms with Crippen LogP contribution in [0.25, 0.3) is 0 Å². The summed E-state index contributed by atoms with van der Waals surface area (Å²) in [6.07, 6.45) is 8.16. The first-order chi connectivity index (χ1) is 16.9. The molecule has 188 valence electrons. The first kappa shape index (κ1) is 27.1. The molecule has 0 aromatic heterocycles. The second kappa shape index (κ2) is 13.0. The minimum atomic E-state index is -0.110. The SMILES string of the molecule is CC.CC(C(=O)CC1=CCC=C1CC[C@@H]1CNCC(C)(C)O1)C(c1ccccc1)c1ccccc1. The van der Waals surface area contributed by atoms with Crippen LogP contribution in [0.5, 0.6) is 0 Å². The molecule has 1 fully saturated rings. The molecule has 3 heteroatoms. The number of carbonyl (C=O) groups is 1. The summed E-state index contributed by atoms with van der Waals surface area (Å²) in [5.74, 6) is 0.283. The highest BCUT2D eigenvalue weighted by Crippen LogP contribution is 2.36. The van der Waals surface area contributed by atoms with Gasteiger partial charge >= 0.3 is 0 Å². The van der Waals surface area contributed by atoms with Crippen LogP contribution in [0.4, 0.5) is 0 Å². The highest BCUT2D eigenvalue weighted by Gasteiger charge is 2.30. The fraction of sp³-hybridized carbons (Fsp3) is 0.469. The molecule has 0 bridgehead atoms. The van der Waals surface area contributed by atoms with Gasteiger partial charge in [-0.2, -0.15) is 0 Å². The lowest BCUT2D eigenvalue weighted by Gasteiger charge is -2.36. The van der Waals surface area contributed by atoms with Gasteiger partial charge in [-0.1, -0.05) is 93.6 Å². The number of rotatable bonds is 9. The summed E-state index contributed by atoms with van der Waals surface area (Å²) in [5.41, 5.74) is 4.84. The van der Waals surface area contributed by atoms with Gasteiger partial charge in [0.25, 0.3) is 0 Å². The average Bonchev–Trinajstić information content (AvgIpc) is 3.31. The highest BCUT2D eigenvalue weighted by atomic mass is 16.5. The Morgan fingerprint density at radius 2 is 1.54 bits per heavy atom. The Kier molecular flexibility index (Phi) is 10.1. The fourth-order valence-electron chi connectivity index (χ4n) is 5.23. The molecule has 3 nitrogen and oxygen atoms in total. The first-order valence-electron chi connectivity index (χ1n) is 13.3. The van der Waals surface area contributed by atoms with Crippen molar-refractivity contribution in [2.75, 3.05) is 13.1 Å². The molecule has 1 saturated heterocycles. The number of hydrogen-bond donors (Lipinski definition) is 1. The summed E-state index contributed by atoms with van der Waals surface area (Å²) in [7, 11) is 0. The molecule has 1 heterocycles. The Hall–Kier alpha value is -2.49. The lowest BCUT2D eigenvalue weighted by atomic mass is 9.78. The molecule has 2 aromatic rings. The van der Waals surface area contributed by atoms with Crippen molar-refractivity contribution in [2.24, 2.45) is 5.92 Å². The van der Waals surface area contributed by atoms with Crippen molar-refractivity contribution in [1.29, 1.82) is 0 Å². The Balaban J connectivity index is 0.00000167. The van der Waals surface area contributed by atoms with Gasteiger partial charge in [0, 0.05) is 31.3 Å². The first-order valence-corrected chi connectivity index (χ1v) is 13.3. The van der Waals surface area contributed by atoms with E-state index in [1.54, 1.807) is 0 Å². The smallest absolute Gasteiger partial charge is 0.140 e. The van der Waals surface area contributed by atoms with E-state index < -0.39 is 0 Å². The molecule has 2 aromatic carbocycles. The van der Waals surface area contributed by atoms with Crippen LogP contribution in [0.3, 0.4) is 0 Å². The molecular formula is C32H43NO2. The minimum absolute atomic E-state index is 0.0678. The van der Waals surface area contributed by atoms with E-state index in [0.29, 0.717) is 12.2 Å². The molecule has 2 aliphatic rings. The second-order valence-electron chi connectivity index (χ2n) is 10.1. The zero-order valence-electron chi connectivity index (χ0n) is 22.2. The Morgan fingerprint density at radius 3 is 2.11 bits per heavy atom. The third kappa shape index (κ3) is 7.49. The van der Waals surface area contributed by atoms with Crippen LogP contribution in [0.2, 0.25) is 0 Å². The van der Waals surface area contributed by atoms with Gasteiger partial charge in [0.1, 0.15) is 5.78 Å². The highest BCUT2D eigenvalue weighted by molar-refractivity contribution is 5.85. The van der Waals surface area contributed by atoms with E-state index in [9.17, 15) is 4.79 Å². The molecule has 2 atom stereocenters. The van der Waals surface area contributed by atoms with Gasteiger partial charge in [0.2, 0.25) is 0 Å². The summed E-state index contributed by atoms with van der Waals surface area (Å²) in [4.78, 5) is 13.5. The zero-order chi connectivity index (χ0) is 25.3. The third-order valence-electron chi connectivity index (χ3n) is 6.97. The summed E-state index contributed by atoms with van der Waals surface area (Å²) in [6, 6.07) is 20.9. The van der Waals surface area contributed by atoms with Crippen LogP contribution >= 0.6 is 0 Å². The quantitative estimate of drug-likeness (QED) is 0.417. The molecule has 1 aliphatic carbocycles. The van der Waals surface area contributed by atoms with Crippen LogP contribution in [-0.2, 0) is 9.53 Å². The molecule has 1 aliphatic heterocycles. The number of ketones is 1. The molecule has 0 spiro atoms. The van der Waals surface area contributed by atoms with E-state index >= 15 is 0 Å². The van der Waals surface area contributed by atoms with Crippen LogP contribution in [0.1, 0.15) is 77.3 Å². The van der Waals surface area contributed by atoms with Crippen molar-refractivity contribution in [3.8, 4) is 0 Å². The number of Topliss-reactive ketones (excluding diaryl/α,β-unsaturated/α-hetero) is 1. The number of carbonyl (C=O) groups excluding carboxylic acids is 1. The standard InChI is InChI=1S/C30H37NO2.C2H6/c1-22(29(24-11-6-4-7-12-24)25-13-8-5-9-14-25)28(32)19-26-16-10-15-23(26)17-18-27-20-31-21-30(2,3)33-27;1-2/h4-9,11-16,22,27,29,31H,10,17-21H2,1-3H3;1-2H3/t22?,27-;/m1./s1. The summed E-state index contributed by atoms with van der Waals surface area (Å²) in [6.45, 7) is 12.2. The molecule has 0 amide bonds. The van der Waals surface area contributed by atoms with Gasteiger partial charge < -0.3 is 10.1 Å². The number of benzene rings is 2. The Bertz CT molecular complexity index is 951. The molecule has 1 unspecified atom stereocenters. The maximum atomic E-state index is 13.5. The molecular weight excluding hydrogens is 430 g/mol. The summed E-state index contributed by atoms with van der Waals surface area (Å²) >= 11 is 0. The van der Waals surface area contributed by atoms with Crippen molar-refractivity contribution in [3.63, 3.8) is 0 Å². The van der Waals surface area contributed by atoms with Gasteiger partial charge in [0.05, 0.1) is 11.7 Å². The normalized spacial score (nSPS) is 19.9. The Morgan fingerprint density at radius 1 is 0.971 bits per heavy atom. The maximum absolute atomic E-state index is 13.5. The van der Waals surface area contributed by atoms with E-state index in [0.717, 1.165) is 32.4 Å². The molecule has 35 heavy (non-hydrogen) atoms. The topological polar surface area (TPSA) is 38.3 Å². The fourth-order valence-corrected chi connectivity index (χ4v) is 5.23. The molecule has 4 rings (SSSR count). The van der Waals surface area contributed by atoms with Crippen LogP contribution in [0.15, 0.2) is 84.0 Å². The maximum Gasteiger partial charge on any atom is 0.140 e. The predicted molar refractivity (Wildman–Crippen MR) is 147 cm³/mol. The van der Waals surface area contributed by atoms with Crippen molar-refractivity contribution in [2.45, 2.75) is 77.9 Å². The van der Waals surface area contributed by atoms with E-state index in [2.05, 4.69) is 86.8 Å². The monoisotopic (exact) mass is 473 g/mol. The molecule has 0 saturated carbocycles. The van der Waals surface area contributed by atoms with Crippen molar-refractivity contribution >= 4 is 5.78 Å². The number of nitrogens with one attached hydrogen (secondary N) is 1. The van der Waals surface area contributed by atoms with Crippen LogP contribution in [-0.4, -0.2) is 30.6 Å². The number of morpholine rings is 1. The van der Waals surface area contributed by atoms with Gasteiger partial charge in [0.15, 0.2) is 0 Å². The largest absolute Gasteiger partial charge is 0.370 e. The molecule has 0 radical (unpaired) electrons. The second-order valence-corrected chi connectivity index (χ2v) is 10.1. The number of hydrogen-bond acceptors (Lipinski definition) is 3. The zero-order valence-corrected chi connectivity index (χ0v) is 22.2. The predicted octanol–water partition coefficient (Wildman–Crippen LogP) is 7.24. The van der Waals surface area contributed by atoms with Crippen molar-refractivity contribution < 1.29 is 9.53 Å². The van der Waals surface area contributed by atoms with E-state index in [4.69, 9.17) is 4.74 Å². The van der Waals surface area contributed by atoms with Crippen molar-refractivity contribution in [1.82, 2.24) is 5.32 Å².